The van der Waals surface area contributed by atoms with E-state index in [0.717, 1.165) is 5.39 Å². The smallest absolute Gasteiger partial charge is 0.0991 e. The highest BCUT2D eigenvalue weighted by Crippen LogP contribution is 2.44. The summed E-state index contributed by atoms with van der Waals surface area (Å²) in [7, 11) is 0. The van der Waals surface area contributed by atoms with Crippen molar-refractivity contribution in [2.24, 2.45) is 0 Å². The van der Waals surface area contributed by atoms with Gasteiger partial charge in [-0.05, 0) is 95.7 Å². The first-order valence-electron chi connectivity index (χ1n) is 13.8. The molecule has 0 aliphatic carbocycles. The van der Waals surface area contributed by atoms with Crippen molar-refractivity contribution in [2.45, 2.75) is 0 Å². The van der Waals surface area contributed by atoms with Crippen LogP contribution in [0.1, 0.15) is 5.56 Å². The van der Waals surface area contributed by atoms with E-state index in [1.807, 2.05) is 12.1 Å². The molecule has 0 aliphatic heterocycles. The fourth-order valence-corrected chi connectivity index (χ4v) is 7.83. The third-order valence-corrected chi connectivity index (χ3v) is 9.81. The first kappa shape index (κ1) is 22.6. The first-order chi connectivity index (χ1) is 20.3. The van der Waals surface area contributed by atoms with Gasteiger partial charge in [-0.2, -0.15) is 5.26 Å². The maximum Gasteiger partial charge on any atom is 0.0991 e. The van der Waals surface area contributed by atoms with Crippen LogP contribution in [0, 0.1) is 11.3 Å². The quantitative estimate of drug-likeness (QED) is 0.202. The summed E-state index contributed by atoms with van der Waals surface area (Å²) in [5.41, 5.74) is 5.68. The molecule has 8 aromatic carbocycles. The molecule has 0 amide bonds. The Balaban J connectivity index is 1.33. The van der Waals surface area contributed by atoms with Crippen molar-refractivity contribution in [1.29, 1.82) is 5.26 Å². The van der Waals surface area contributed by atoms with Crippen LogP contribution in [-0.2, 0) is 0 Å². The van der Waals surface area contributed by atoms with E-state index in [0.29, 0.717) is 5.56 Å². The van der Waals surface area contributed by atoms with Crippen LogP contribution >= 0.6 is 11.3 Å². The van der Waals surface area contributed by atoms with Gasteiger partial charge in [-0.3, -0.25) is 0 Å². The van der Waals surface area contributed by atoms with E-state index in [2.05, 4.69) is 121 Å². The summed E-state index contributed by atoms with van der Waals surface area (Å²) in [6, 6.07) is 48.6. The monoisotopic (exact) mass is 535 g/mol. The van der Waals surface area contributed by atoms with Crippen molar-refractivity contribution in [1.82, 2.24) is 0 Å². The molecule has 1 heterocycles. The molecule has 2 heteroatoms. The summed E-state index contributed by atoms with van der Waals surface area (Å²) in [4.78, 5) is 0. The Hall–Kier alpha value is -5.23. The summed E-state index contributed by atoms with van der Waals surface area (Å²) >= 11 is 1.79. The molecular weight excluding hydrogens is 515 g/mol. The maximum absolute atomic E-state index is 9.49. The Labute approximate surface area is 240 Å². The minimum Gasteiger partial charge on any atom is -0.192 e. The Bertz CT molecular complexity index is 2540. The van der Waals surface area contributed by atoms with Crippen LogP contribution in [0.4, 0.5) is 0 Å². The van der Waals surface area contributed by atoms with Crippen molar-refractivity contribution >= 4 is 74.6 Å². The number of hydrogen-bond acceptors (Lipinski definition) is 2. The zero-order valence-electron chi connectivity index (χ0n) is 22.0. The predicted octanol–water partition coefficient (Wildman–Crippen LogP) is 11.3. The molecule has 0 bridgehead atoms. The number of thiophene rings is 1. The van der Waals surface area contributed by atoms with Gasteiger partial charge in [-0.1, -0.05) is 97.1 Å². The normalized spacial score (nSPS) is 11.9. The fourth-order valence-electron chi connectivity index (χ4n) is 6.76. The average Bonchev–Trinajstić information content (AvgIpc) is 3.40. The second-order valence-corrected chi connectivity index (χ2v) is 11.9. The lowest BCUT2D eigenvalue weighted by molar-refractivity contribution is 1.50. The highest BCUT2D eigenvalue weighted by Gasteiger charge is 2.16. The van der Waals surface area contributed by atoms with Crippen LogP contribution in [0.3, 0.4) is 0 Å². The van der Waals surface area contributed by atoms with Crippen LogP contribution in [-0.4, -0.2) is 0 Å². The summed E-state index contributed by atoms with van der Waals surface area (Å²) in [6.07, 6.45) is 0. The van der Waals surface area contributed by atoms with E-state index < -0.39 is 0 Å². The van der Waals surface area contributed by atoms with Gasteiger partial charge in [-0.15, -0.1) is 11.3 Å². The molecule has 0 fully saturated rings. The number of benzene rings is 8. The minimum absolute atomic E-state index is 0.701. The SMILES string of the molecule is N#Cc1ccc2sc3ccc(-c4ccc5ccc6c(-c7cccc8ccccc78)ccc7ccc4c5c76)cc3c2c1. The summed E-state index contributed by atoms with van der Waals surface area (Å²) in [6.45, 7) is 0. The first-order valence-corrected chi connectivity index (χ1v) is 14.6. The van der Waals surface area contributed by atoms with Crippen molar-refractivity contribution < 1.29 is 0 Å². The molecule has 0 radical (unpaired) electrons. The molecule has 188 valence electrons. The van der Waals surface area contributed by atoms with Crippen LogP contribution in [0.25, 0.3) is 85.5 Å². The number of nitrogens with zero attached hydrogens (tertiary/aromatic N) is 1. The highest BCUT2D eigenvalue weighted by molar-refractivity contribution is 7.25. The van der Waals surface area contributed by atoms with E-state index in [9.17, 15) is 5.26 Å². The van der Waals surface area contributed by atoms with Gasteiger partial charge in [0.15, 0.2) is 0 Å². The lowest BCUT2D eigenvalue weighted by atomic mass is 9.86. The molecular formula is C39H21NS. The lowest BCUT2D eigenvalue weighted by Crippen LogP contribution is -1.90. The van der Waals surface area contributed by atoms with Crippen molar-refractivity contribution in [3.8, 4) is 28.3 Å². The van der Waals surface area contributed by atoms with Gasteiger partial charge in [0.1, 0.15) is 0 Å². The number of rotatable bonds is 2. The highest BCUT2D eigenvalue weighted by atomic mass is 32.1. The predicted molar refractivity (Wildman–Crippen MR) is 176 cm³/mol. The standard InChI is InChI=1S/C39H21NS/c40-22-23-8-18-36-34(20-23)35-21-27(13-19-37(35)41-36)29-14-9-25-12-17-33-31(15-10-26-11-16-32(29)38(25)39(26)33)30-7-3-5-24-4-1-2-6-28(24)30/h1-21H. The molecule has 0 aliphatic rings. The van der Waals surface area contributed by atoms with Gasteiger partial charge >= 0.3 is 0 Å². The van der Waals surface area contributed by atoms with Gasteiger partial charge in [0, 0.05) is 20.2 Å². The summed E-state index contributed by atoms with van der Waals surface area (Å²) in [5.74, 6) is 0. The van der Waals surface area contributed by atoms with Crippen molar-refractivity contribution in [3.63, 3.8) is 0 Å². The lowest BCUT2D eigenvalue weighted by Gasteiger charge is -2.17. The number of nitriles is 1. The Kier molecular flexibility index (Phi) is 4.62. The molecule has 0 spiro atoms. The molecule has 0 saturated carbocycles. The van der Waals surface area contributed by atoms with E-state index in [1.165, 1.54) is 80.1 Å². The molecule has 1 aromatic heterocycles. The zero-order chi connectivity index (χ0) is 27.1. The number of hydrogen-bond donors (Lipinski definition) is 0. The van der Waals surface area contributed by atoms with Crippen molar-refractivity contribution in [2.75, 3.05) is 0 Å². The van der Waals surface area contributed by atoms with E-state index in [1.54, 1.807) is 11.3 Å². The van der Waals surface area contributed by atoms with Gasteiger partial charge in [0.2, 0.25) is 0 Å². The minimum atomic E-state index is 0.701. The van der Waals surface area contributed by atoms with E-state index in [-0.39, 0.29) is 0 Å². The maximum atomic E-state index is 9.49. The van der Waals surface area contributed by atoms with Gasteiger partial charge < -0.3 is 0 Å². The fraction of sp³-hybridized carbons (Fsp3) is 0. The average molecular weight is 536 g/mol. The van der Waals surface area contributed by atoms with Crippen LogP contribution in [0.2, 0.25) is 0 Å². The van der Waals surface area contributed by atoms with E-state index >= 15 is 0 Å². The molecule has 0 N–H and O–H groups in total. The van der Waals surface area contributed by atoms with Gasteiger partial charge in [-0.25, -0.2) is 0 Å². The Morgan fingerprint density at radius 3 is 1.88 bits per heavy atom. The molecule has 0 unspecified atom stereocenters. The van der Waals surface area contributed by atoms with Gasteiger partial charge in [0.25, 0.3) is 0 Å². The van der Waals surface area contributed by atoms with Crippen LogP contribution in [0.15, 0.2) is 127 Å². The Morgan fingerprint density at radius 1 is 0.439 bits per heavy atom. The second-order valence-electron chi connectivity index (χ2n) is 10.8. The van der Waals surface area contributed by atoms with E-state index in [4.69, 9.17) is 0 Å². The summed E-state index contributed by atoms with van der Waals surface area (Å²) in [5, 5.41) is 22.1. The summed E-state index contributed by atoms with van der Waals surface area (Å²) < 4.78 is 2.46. The molecule has 0 saturated heterocycles. The third-order valence-electron chi connectivity index (χ3n) is 8.65. The van der Waals surface area contributed by atoms with Crippen molar-refractivity contribution in [3.05, 3.63) is 133 Å². The zero-order valence-corrected chi connectivity index (χ0v) is 22.8. The van der Waals surface area contributed by atoms with Crippen LogP contribution in [0.5, 0.6) is 0 Å². The van der Waals surface area contributed by atoms with Crippen LogP contribution < -0.4 is 0 Å². The molecule has 0 atom stereocenters. The molecule has 9 rings (SSSR count). The Morgan fingerprint density at radius 2 is 1.07 bits per heavy atom. The molecule has 1 nitrogen and oxygen atoms in total. The number of fused-ring (bicyclic) bond motifs is 4. The second kappa shape index (κ2) is 8.38. The molecule has 9 aromatic rings. The molecule has 41 heavy (non-hydrogen) atoms. The largest absolute Gasteiger partial charge is 0.192 e. The third kappa shape index (κ3) is 3.21. The topological polar surface area (TPSA) is 23.8 Å². The van der Waals surface area contributed by atoms with Gasteiger partial charge in [0.05, 0.1) is 11.6 Å².